The fraction of sp³-hybridized carbons (Fsp3) is 1.00. The summed E-state index contributed by atoms with van der Waals surface area (Å²) in [5.41, 5.74) is 0. The molecule has 0 unspecified atom stereocenters. The van der Waals surface area contributed by atoms with Gasteiger partial charge in [0.1, 0.15) is 0 Å². The fourth-order valence-corrected chi connectivity index (χ4v) is 1.87. The highest BCUT2D eigenvalue weighted by atomic mass is 32.2. The zero-order valence-corrected chi connectivity index (χ0v) is 11.8. The second kappa shape index (κ2) is 6.76. The van der Waals surface area contributed by atoms with Gasteiger partial charge in [-0.3, -0.25) is 0 Å². The van der Waals surface area contributed by atoms with Crippen molar-refractivity contribution in [3.8, 4) is 0 Å². The molecule has 0 rings (SSSR count). The van der Waals surface area contributed by atoms with Crippen LogP contribution in [-0.2, 0) is 9.84 Å². The molecule has 0 aliphatic heterocycles. The molecule has 0 aromatic heterocycles. The van der Waals surface area contributed by atoms with E-state index in [9.17, 15) is 8.42 Å². The first-order valence-electron chi connectivity index (χ1n) is 5.20. The van der Waals surface area contributed by atoms with Gasteiger partial charge in [0.2, 0.25) is 0 Å². The Balaban J connectivity index is 3.68. The number of rotatable bonds is 8. The van der Waals surface area contributed by atoms with Gasteiger partial charge in [0.25, 0.3) is 0 Å². The Morgan fingerprint density at radius 2 is 1.87 bits per heavy atom. The molecule has 0 saturated heterocycles. The average Bonchev–Trinajstić information content (AvgIpc) is 2.09. The normalized spacial score (nSPS) is 13.1. The molecule has 0 amide bonds. The minimum Gasteiger partial charge on any atom is -0.315 e. The van der Waals surface area contributed by atoms with Gasteiger partial charge in [0.05, 0.1) is 4.75 Å². The first-order valence-corrected chi connectivity index (χ1v) is 8.49. The van der Waals surface area contributed by atoms with Crippen molar-refractivity contribution in [3.05, 3.63) is 0 Å². The van der Waals surface area contributed by atoms with Crippen LogP contribution in [-0.4, -0.2) is 44.5 Å². The van der Waals surface area contributed by atoms with Crippen LogP contribution in [0.5, 0.6) is 0 Å². The highest BCUT2D eigenvalue weighted by molar-refractivity contribution is 7.98. The molecule has 0 fully saturated rings. The van der Waals surface area contributed by atoms with Crippen molar-refractivity contribution in [3.63, 3.8) is 0 Å². The van der Waals surface area contributed by atoms with Gasteiger partial charge >= 0.3 is 0 Å². The smallest absolute Gasteiger partial charge is 0.153 e. The molecular formula is C10H23NO2S2. The van der Waals surface area contributed by atoms with Gasteiger partial charge in [-0.25, -0.2) is 8.42 Å². The maximum absolute atomic E-state index is 11.4. The molecule has 0 aromatic carbocycles. The van der Waals surface area contributed by atoms with Crippen LogP contribution in [0.15, 0.2) is 0 Å². The molecule has 5 heteroatoms. The lowest BCUT2D eigenvalue weighted by molar-refractivity contribution is 0.517. The molecule has 1 N–H and O–H groups in total. The van der Waals surface area contributed by atoms with Crippen LogP contribution in [0.1, 0.15) is 26.7 Å². The standard InChI is InChI=1S/C10H23NO2S2/c1-10(2,15(4,12)13)9-11-7-5-6-8-14-3/h11H,5-9H2,1-4H3. The fourth-order valence-electron chi connectivity index (χ4n) is 1.02. The van der Waals surface area contributed by atoms with Crippen LogP contribution in [0.4, 0.5) is 0 Å². The van der Waals surface area contributed by atoms with Crippen molar-refractivity contribution in [2.24, 2.45) is 0 Å². The summed E-state index contributed by atoms with van der Waals surface area (Å²) in [6.45, 7) is 4.96. The summed E-state index contributed by atoms with van der Waals surface area (Å²) in [7, 11) is -2.97. The van der Waals surface area contributed by atoms with Gasteiger partial charge in [0.15, 0.2) is 9.84 Å². The van der Waals surface area contributed by atoms with Crippen LogP contribution in [0.3, 0.4) is 0 Å². The van der Waals surface area contributed by atoms with Crippen molar-refractivity contribution in [2.75, 3.05) is 31.4 Å². The zero-order chi connectivity index (χ0) is 11.9. The number of thioether (sulfide) groups is 1. The average molecular weight is 253 g/mol. The lowest BCUT2D eigenvalue weighted by Crippen LogP contribution is -2.41. The minimum atomic E-state index is -2.97. The minimum absolute atomic E-state index is 0.533. The zero-order valence-electron chi connectivity index (χ0n) is 10.2. The van der Waals surface area contributed by atoms with E-state index in [1.807, 2.05) is 11.8 Å². The van der Waals surface area contributed by atoms with E-state index in [1.165, 1.54) is 18.4 Å². The van der Waals surface area contributed by atoms with Crippen molar-refractivity contribution < 1.29 is 8.42 Å². The Bertz CT molecular complexity index is 261. The first-order chi connectivity index (χ1) is 6.81. The first kappa shape index (κ1) is 15.3. The molecule has 0 bridgehead atoms. The molecule has 92 valence electrons. The predicted octanol–water partition coefficient (Wildman–Crippen LogP) is 1.54. The molecule has 0 aromatic rings. The predicted molar refractivity (Wildman–Crippen MR) is 69.4 cm³/mol. The van der Waals surface area contributed by atoms with Crippen LogP contribution in [0.2, 0.25) is 0 Å². The molecule has 3 nitrogen and oxygen atoms in total. The van der Waals surface area contributed by atoms with E-state index in [4.69, 9.17) is 0 Å². The number of unbranched alkanes of at least 4 members (excludes halogenated alkanes) is 1. The Hall–Kier alpha value is 0.260. The van der Waals surface area contributed by atoms with Crippen molar-refractivity contribution in [1.82, 2.24) is 5.32 Å². The summed E-state index contributed by atoms with van der Waals surface area (Å²) >= 11 is 1.85. The molecule has 0 radical (unpaired) electrons. The molecule has 0 saturated carbocycles. The van der Waals surface area contributed by atoms with E-state index in [-0.39, 0.29) is 0 Å². The van der Waals surface area contributed by atoms with Gasteiger partial charge < -0.3 is 5.32 Å². The van der Waals surface area contributed by atoms with Gasteiger partial charge in [-0.05, 0) is 45.2 Å². The largest absolute Gasteiger partial charge is 0.315 e. The highest BCUT2D eigenvalue weighted by Crippen LogP contribution is 2.13. The van der Waals surface area contributed by atoms with E-state index in [0.717, 1.165) is 13.0 Å². The van der Waals surface area contributed by atoms with Gasteiger partial charge in [-0.2, -0.15) is 11.8 Å². The van der Waals surface area contributed by atoms with Crippen molar-refractivity contribution in [2.45, 2.75) is 31.4 Å². The molecule has 0 aliphatic rings. The van der Waals surface area contributed by atoms with Crippen LogP contribution in [0.25, 0.3) is 0 Å². The van der Waals surface area contributed by atoms with Crippen LogP contribution < -0.4 is 5.32 Å². The van der Waals surface area contributed by atoms with E-state index >= 15 is 0 Å². The summed E-state index contributed by atoms with van der Waals surface area (Å²) in [4.78, 5) is 0. The molecule has 15 heavy (non-hydrogen) atoms. The Morgan fingerprint density at radius 1 is 1.27 bits per heavy atom. The van der Waals surface area contributed by atoms with E-state index in [0.29, 0.717) is 6.54 Å². The van der Waals surface area contributed by atoms with Gasteiger partial charge in [-0.15, -0.1) is 0 Å². The highest BCUT2D eigenvalue weighted by Gasteiger charge is 2.29. The SMILES string of the molecule is CSCCCCNCC(C)(C)S(C)(=O)=O. The molecule has 0 heterocycles. The van der Waals surface area contributed by atoms with Crippen molar-refractivity contribution >= 4 is 21.6 Å². The van der Waals surface area contributed by atoms with Crippen molar-refractivity contribution in [1.29, 1.82) is 0 Å². The summed E-state index contributed by atoms with van der Waals surface area (Å²) in [6, 6.07) is 0. The number of nitrogens with one attached hydrogen (secondary N) is 1. The van der Waals surface area contributed by atoms with E-state index < -0.39 is 14.6 Å². The third-order valence-corrected chi connectivity index (χ3v) is 5.36. The number of sulfone groups is 1. The molecular weight excluding hydrogens is 230 g/mol. The lowest BCUT2D eigenvalue weighted by atomic mass is 10.2. The maximum atomic E-state index is 11.4. The molecule has 0 atom stereocenters. The van der Waals surface area contributed by atoms with Gasteiger partial charge in [0, 0.05) is 12.8 Å². The van der Waals surface area contributed by atoms with Crippen LogP contribution in [0, 0.1) is 0 Å². The lowest BCUT2D eigenvalue weighted by Gasteiger charge is -2.22. The quantitative estimate of drug-likeness (QED) is 0.667. The number of hydrogen-bond donors (Lipinski definition) is 1. The summed E-state index contributed by atoms with van der Waals surface area (Å²) in [5.74, 6) is 1.18. The summed E-state index contributed by atoms with van der Waals surface area (Å²) < 4.78 is 22.1. The second-order valence-corrected chi connectivity index (χ2v) is 8.04. The maximum Gasteiger partial charge on any atom is 0.153 e. The number of hydrogen-bond acceptors (Lipinski definition) is 4. The van der Waals surface area contributed by atoms with Crippen LogP contribution >= 0.6 is 11.8 Å². The van der Waals surface area contributed by atoms with E-state index in [2.05, 4.69) is 11.6 Å². The molecule has 0 spiro atoms. The topological polar surface area (TPSA) is 46.2 Å². The monoisotopic (exact) mass is 253 g/mol. The third-order valence-electron chi connectivity index (χ3n) is 2.51. The Morgan fingerprint density at radius 3 is 2.33 bits per heavy atom. The Kier molecular flexibility index (Phi) is 6.88. The third kappa shape index (κ3) is 6.43. The Labute approximate surface area is 98.3 Å². The molecule has 0 aliphatic carbocycles. The second-order valence-electron chi connectivity index (χ2n) is 4.41. The summed E-state index contributed by atoms with van der Waals surface area (Å²) in [6.07, 6.45) is 5.69. The summed E-state index contributed by atoms with van der Waals surface area (Å²) in [5, 5.41) is 3.20. The van der Waals surface area contributed by atoms with Gasteiger partial charge in [-0.1, -0.05) is 0 Å². The van der Waals surface area contributed by atoms with E-state index in [1.54, 1.807) is 13.8 Å².